The van der Waals surface area contributed by atoms with E-state index in [0.29, 0.717) is 5.39 Å². The molecule has 0 aliphatic carbocycles. The molecule has 2 aromatic carbocycles. The molecule has 132 valence electrons. The summed E-state index contributed by atoms with van der Waals surface area (Å²) in [5.41, 5.74) is -1.06. The molecule has 3 aromatic rings. The molecule has 1 fully saturated rings. The lowest BCUT2D eigenvalue weighted by atomic mass is 9.78. The molecule has 0 spiro atoms. The fraction of sp³-hybridized carbons (Fsp3) is 0.286. The second-order valence-corrected chi connectivity index (χ2v) is 7.33. The number of aromatic nitrogens is 1. The van der Waals surface area contributed by atoms with E-state index in [1.165, 1.54) is 6.07 Å². The average Bonchev–Trinajstić information content (AvgIpc) is 2.92. The van der Waals surface area contributed by atoms with Crippen LogP contribution in [0, 0.1) is 5.82 Å². The highest BCUT2D eigenvalue weighted by molar-refractivity contribution is 6.62. The predicted molar refractivity (Wildman–Crippen MR) is 103 cm³/mol. The highest BCUT2D eigenvalue weighted by Gasteiger charge is 2.52. The third kappa shape index (κ3) is 2.72. The first-order chi connectivity index (χ1) is 14.4. The van der Waals surface area contributed by atoms with E-state index in [2.05, 4.69) is 4.98 Å². The maximum Gasteiger partial charge on any atom is 0.497 e. The van der Waals surface area contributed by atoms with Gasteiger partial charge in [-0.3, -0.25) is 0 Å². The number of benzene rings is 2. The molecule has 0 N–H and O–H groups in total. The van der Waals surface area contributed by atoms with Gasteiger partial charge in [0, 0.05) is 16.4 Å². The Morgan fingerprint density at radius 1 is 0.962 bits per heavy atom. The molecule has 1 aliphatic heterocycles. The van der Waals surface area contributed by atoms with Crippen molar-refractivity contribution in [2.24, 2.45) is 0 Å². The topological polar surface area (TPSA) is 31.4 Å². The zero-order valence-corrected chi connectivity index (χ0v) is 15.0. The number of rotatable bonds is 2. The van der Waals surface area contributed by atoms with E-state index in [9.17, 15) is 0 Å². The van der Waals surface area contributed by atoms with Crippen LogP contribution < -0.4 is 5.46 Å². The highest BCUT2D eigenvalue weighted by Crippen LogP contribution is 2.37. The zero-order valence-electron chi connectivity index (χ0n) is 20.0. The van der Waals surface area contributed by atoms with E-state index in [4.69, 9.17) is 16.2 Å². The lowest BCUT2D eigenvalue weighted by Crippen LogP contribution is -2.41. The molecule has 3 nitrogen and oxygen atoms in total. The minimum absolute atomic E-state index is 0.0107. The maximum absolute atomic E-state index is 15.5. The number of hydrogen-bond acceptors (Lipinski definition) is 3. The van der Waals surface area contributed by atoms with Crippen LogP contribution in [0.25, 0.3) is 22.2 Å². The number of hydrogen-bond donors (Lipinski definition) is 0. The first-order valence-electron chi connectivity index (χ1n) is 10.9. The summed E-state index contributed by atoms with van der Waals surface area (Å²) in [6.07, 6.45) is 0. The van der Waals surface area contributed by atoms with Crippen molar-refractivity contribution >= 4 is 23.5 Å². The molecule has 1 aliphatic rings. The van der Waals surface area contributed by atoms with Gasteiger partial charge in [0.15, 0.2) is 0 Å². The maximum atomic E-state index is 15.5. The predicted octanol–water partition coefficient (Wildman–Crippen LogP) is 4.34. The van der Waals surface area contributed by atoms with E-state index < -0.39 is 42.3 Å². The van der Waals surface area contributed by atoms with Crippen LogP contribution >= 0.6 is 0 Å². The van der Waals surface area contributed by atoms with Gasteiger partial charge in [-0.1, -0.05) is 48.4 Å². The molecule has 1 saturated heterocycles. The Balaban J connectivity index is 1.88. The Hall–Kier alpha value is -2.24. The van der Waals surface area contributed by atoms with Crippen molar-refractivity contribution in [1.29, 1.82) is 0 Å². The summed E-state index contributed by atoms with van der Waals surface area (Å²) in [6.45, 7) is 7.50. The molecule has 0 radical (unpaired) electrons. The molecule has 0 bridgehead atoms. The second kappa shape index (κ2) is 5.90. The molecule has 0 atom stereocenters. The number of pyridine rings is 1. The van der Waals surface area contributed by atoms with Crippen molar-refractivity contribution in [1.82, 2.24) is 4.98 Å². The Morgan fingerprint density at radius 3 is 2.23 bits per heavy atom. The van der Waals surface area contributed by atoms with Crippen molar-refractivity contribution in [2.75, 3.05) is 0 Å². The number of fused-ring (bicyclic) bond motifs is 1. The van der Waals surface area contributed by atoms with Gasteiger partial charge < -0.3 is 9.31 Å². The van der Waals surface area contributed by atoms with E-state index >= 15 is 4.39 Å². The first kappa shape index (κ1) is 12.2. The van der Waals surface area contributed by atoms with Crippen molar-refractivity contribution < 1.29 is 20.6 Å². The van der Waals surface area contributed by atoms with Gasteiger partial charge in [-0.2, -0.15) is 0 Å². The van der Waals surface area contributed by atoms with Crippen LogP contribution in [0.3, 0.4) is 0 Å². The largest absolute Gasteiger partial charge is 0.497 e. The summed E-state index contributed by atoms with van der Waals surface area (Å²) < 4.78 is 67.2. The van der Waals surface area contributed by atoms with Crippen LogP contribution in [0.1, 0.15) is 34.5 Å². The Kier molecular flexibility index (Phi) is 2.77. The SMILES string of the molecule is [2H]c1c([2H])c([2H])c(-c2ccc3ccc(B4OC(C)(C)C(C)(C)O4)c(F)c3n2)c([2H])c1[2H]. The van der Waals surface area contributed by atoms with Crippen LogP contribution in [0.4, 0.5) is 4.39 Å². The minimum atomic E-state index is -0.916. The summed E-state index contributed by atoms with van der Waals surface area (Å²) in [6, 6.07) is 4.20. The van der Waals surface area contributed by atoms with Gasteiger partial charge in [0.25, 0.3) is 0 Å². The van der Waals surface area contributed by atoms with E-state index in [1.807, 2.05) is 27.7 Å². The quantitative estimate of drug-likeness (QED) is 0.642. The van der Waals surface area contributed by atoms with Gasteiger partial charge in [-0.05, 0) is 33.8 Å². The summed E-state index contributed by atoms with van der Waals surface area (Å²) >= 11 is 0. The van der Waals surface area contributed by atoms with Crippen LogP contribution in [0.2, 0.25) is 0 Å². The molecular formula is C21H21BFNO2. The molecule has 2 heterocycles. The molecular weight excluding hydrogens is 328 g/mol. The van der Waals surface area contributed by atoms with Crippen molar-refractivity contribution in [3.63, 3.8) is 0 Å². The van der Waals surface area contributed by atoms with Gasteiger partial charge >= 0.3 is 7.12 Å². The summed E-state index contributed by atoms with van der Waals surface area (Å²) in [7, 11) is -0.916. The highest BCUT2D eigenvalue weighted by atomic mass is 19.1. The molecule has 5 heteroatoms. The lowest BCUT2D eigenvalue weighted by Gasteiger charge is -2.32. The van der Waals surface area contributed by atoms with Gasteiger partial charge in [0.05, 0.1) is 23.7 Å². The molecule has 4 rings (SSSR count). The fourth-order valence-electron chi connectivity index (χ4n) is 2.84. The minimum Gasteiger partial charge on any atom is -0.399 e. The van der Waals surface area contributed by atoms with Gasteiger partial charge in [0.1, 0.15) is 11.3 Å². The smallest absolute Gasteiger partial charge is 0.399 e. The van der Waals surface area contributed by atoms with Gasteiger partial charge in [0.2, 0.25) is 0 Å². The molecule has 1 aromatic heterocycles. The van der Waals surface area contributed by atoms with Crippen molar-refractivity contribution in [3.8, 4) is 11.3 Å². The lowest BCUT2D eigenvalue weighted by molar-refractivity contribution is 0.00578. The summed E-state index contributed by atoms with van der Waals surface area (Å²) in [5, 5.41) is 0.508. The van der Waals surface area contributed by atoms with Crippen molar-refractivity contribution in [3.05, 3.63) is 60.3 Å². The number of nitrogens with zero attached hydrogens (tertiary/aromatic N) is 1. The fourth-order valence-corrected chi connectivity index (χ4v) is 2.84. The Labute approximate surface area is 160 Å². The van der Waals surface area contributed by atoms with Crippen LogP contribution in [0.15, 0.2) is 54.5 Å². The zero-order chi connectivity index (χ0) is 22.9. The van der Waals surface area contributed by atoms with Gasteiger partial charge in [-0.15, -0.1) is 0 Å². The van der Waals surface area contributed by atoms with Gasteiger partial charge in [-0.25, -0.2) is 9.37 Å². The monoisotopic (exact) mass is 354 g/mol. The van der Waals surface area contributed by atoms with Crippen LogP contribution in [-0.4, -0.2) is 23.3 Å². The third-order valence-electron chi connectivity index (χ3n) is 5.09. The van der Waals surface area contributed by atoms with Crippen molar-refractivity contribution in [2.45, 2.75) is 38.9 Å². The van der Waals surface area contributed by atoms with E-state index in [-0.39, 0.29) is 34.3 Å². The van der Waals surface area contributed by atoms with Crippen LogP contribution in [-0.2, 0) is 9.31 Å². The molecule has 0 amide bonds. The second-order valence-electron chi connectivity index (χ2n) is 7.33. The van der Waals surface area contributed by atoms with E-state index in [0.717, 1.165) is 0 Å². The normalized spacial score (nSPS) is 21.1. The third-order valence-corrected chi connectivity index (χ3v) is 5.09. The number of halogens is 1. The first-order valence-corrected chi connectivity index (χ1v) is 8.38. The summed E-state index contributed by atoms with van der Waals surface area (Å²) in [4.78, 5) is 4.33. The molecule has 26 heavy (non-hydrogen) atoms. The van der Waals surface area contributed by atoms with E-state index in [1.54, 1.807) is 18.2 Å². The standard InChI is InChI=1S/C21H21BFNO2/c1-20(2)21(3,4)26-22(25-20)16-12-10-15-11-13-17(24-19(15)18(16)23)14-8-6-5-7-9-14/h5-13H,1-4H3/i5D,6D,7D,8D,9D. The summed E-state index contributed by atoms with van der Waals surface area (Å²) in [5.74, 6) is -0.634. The average molecular weight is 354 g/mol. The van der Waals surface area contributed by atoms with Crippen LogP contribution in [0.5, 0.6) is 0 Å². The Morgan fingerprint density at radius 2 is 1.58 bits per heavy atom. The Bertz CT molecular complexity index is 1190. The molecule has 0 unspecified atom stereocenters. The molecule has 0 saturated carbocycles.